The fourth-order valence-corrected chi connectivity index (χ4v) is 2.79. The van der Waals surface area contributed by atoms with Crippen molar-refractivity contribution in [3.63, 3.8) is 0 Å². The topological polar surface area (TPSA) is 57.3 Å². The second-order valence-corrected chi connectivity index (χ2v) is 6.05. The van der Waals surface area contributed by atoms with Crippen molar-refractivity contribution in [2.45, 2.75) is 13.0 Å². The molecule has 0 bridgehead atoms. The molecule has 27 heavy (non-hydrogen) atoms. The van der Waals surface area contributed by atoms with E-state index in [2.05, 4.69) is 11.0 Å². The zero-order chi connectivity index (χ0) is 18.6. The van der Waals surface area contributed by atoms with Gasteiger partial charge in [-0.3, -0.25) is 4.79 Å². The van der Waals surface area contributed by atoms with E-state index in [1.54, 1.807) is 29.1 Å². The molecular formula is C22H16N2O3. The largest absolute Gasteiger partial charge is 0.489 e. The predicted octanol–water partition coefficient (Wildman–Crippen LogP) is 3.73. The van der Waals surface area contributed by atoms with Crippen LogP contribution in [0.3, 0.4) is 0 Å². The number of benzene rings is 2. The summed E-state index contributed by atoms with van der Waals surface area (Å²) in [7, 11) is 0. The maximum atomic E-state index is 12.3. The highest BCUT2D eigenvalue weighted by molar-refractivity contribution is 5.78. The van der Waals surface area contributed by atoms with Crippen LogP contribution in [0.25, 0.3) is 16.7 Å². The third-order valence-electron chi connectivity index (χ3n) is 4.17. The third kappa shape index (κ3) is 3.46. The first-order valence-electron chi connectivity index (χ1n) is 8.44. The van der Waals surface area contributed by atoms with Gasteiger partial charge < -0.3 is 9.15 Å². The van der Waals surface area contributed by atoms with Crippen molar-refractivity contribution in [2.75, 3.05) is 0 Å². The monoisotopic (exact) mass is 356 g/mol. The van der Waals surface area contributed by atoms with Gasteiger partial charge in [0.05, 0.1) is 23.5 Å². The standard InChI is InChI=1S/C22H16N2O3/c1-2-6-17-15-27-21-11-19(9-10-20(21)22(17)25)26-14-16-12-23-24(13-16)18-7-4-3-5-8-18/h1,3-5,7-13,15H,6,14H2. The molecule has 0 radical (unpaired) electrons. The molecule has 132 valence electrons. The van der Waals surface area contributed by atoms with Crippen LogP contribution < -0.4 is 10.2 Å². The number of nitrogens with zero attached hydrogens (tertiary/aromatic N) is 2. The number of fused-ring (bicyclic) bond motifs is 1. The minimum absolute atomic E-state index is 0.107. The summed E-state index contributed by atoms with van der Waals surface area (Å²) in [5.74, 6) is 3.07. The van der Waals surface area contributed by atoms with Crippen LogP contribution in [0.2, 0.25) is 0 Å². The Bertz CT molecular complexity index is 1180. The molecule has 0 aliphatic rings. The van der Waals surface area contributed by atoms with Gasteiger partial charge in [0.2, 0.25) is 0 Å². The molecule has 4 rings (SSSR count). The Balaban J connectivity index is 1.51. The van der Waals surface area contributed by atoms with Crippen molar-refractivity contribution >= 4 is 11.0 Å². The summed E-state index contributed by atoms with van der Waals surface area (Å²) in [6.45, 7) is 0.359. The Kier molecular flexibility index (Phi) is 4.46. The van der Waals surface area contributed by atoms with Crippen molar-refractivity contribution in [2.24, 2.45) is 0 Å². The maximum absolute atomic E-state index is 12.3. The Morgan fingerprint density at radius 3 is 2.85 bits per heavy atom. The second kappa shape index (κ2) is 7.22. The molecule has 0 aliphatic carbocycles. The molecule has 0 spiro atoms. The Morgan fingerprint density at radius 2 is 2.04 bits per heavy atom. The molecule has 2 aromatic carbocycles. The van der Waals surface area contributed by atoms with E-state index in [9.17, 15) is 4.79 Å². The van der Waals surface area contributed by atoms with Crippen molar-refractivity contribution < 1.29 is 9.15 Å². The highest BCUT2D eigenvalue weighted by atomic mass is 16.5. The molecular weight excluding hydrogens is 340 g/mol. The maximum Gasteiger partial charge on any atom is 0.196 e. The molecule has 2 aromatic heterocycles. The molecule has 0 aliphatic heterocycles. The van der Waals surface area contributed by atoms with Gasteiger partial charge in [0.15, 0.2) is 5.43 Å². The smallest absolute Gasteiger partial charge is 0.196 e. The van der Waals surface area contributed by atoms with Crippen LogP contribution in [0.1, 0.15) is 11.1 Å². The summed E-state index contributed by atoms with van der Waals surface area (Å²) in [5.41, 5.74) is 2.76. The van der Waals surface area contributed by atoms with Gasteiger partial charge in [0.25, 0.3) is 0 Å². The number of hydrogen-bond acceptors (Lipinski definition) is 4. The number of rotatable bonds is 5. The van der Waals surface area contributed by atoms with E-state index in [0.29, 0.717) is 28.9 Å². The first-order valence-corrected chi connectivity index (χ1v) is 8.44. The summed E-state index contributed by atoms with van der Waals surface area (Å²) in [4.78, 5) is 12.3. The average molecular weight is 356 g/mol. The van der Waals surface area contributed by atoms with Crippen LogP contribution in [0, 0.1) is 12.3 Å². The molecule has 5 nitrogen and oxygen atoms in total. The second-order valence-electron chi connectivity index (χ2n) is 6.05. The van der Waals surface area contributed by atoms with Crippen LogP contribution >= 0.6 is 0 Å². The van der Waals surface area contributed by atoms with E-state index in [1.807, 2.05) is 36.5 Å². The van der Waals surface area contributed by atoms with Crippen molar-refractivity contribution in [3.8, 4) is 23.8 Å². The van der Waals surface area contributed by atoms with Gasteiger partial charge >= 0.3 is 0 Å². The molecule has 2 heterocycles. The fourth-order valence-electron chi connectivity index (χ4n) is 2.79. The molecule has 0 N–H and O–H groups in total. The minimum Gasteiger partial charge on any atom is -0.489 e. The first kappa shape index (κ1) is 16.7. The highest BCUT2D eigenvalue weighted by Gasteiger charge is 2.08. The lowest BCUT2D eigenvalue weighted by molar-refractivity contribution is 0.306. The quantitative estimate of drug-likeness (QED) is 0.511. The predicted molar refractivity (Wildman–Crippen MR) is 103 cm³/mol. The first-order chi connectivity index (χ1) is 13.2. The number of hydrogen-bond donors (Lipinski definition) is 0. The van der Waals surface area contributed by atoms with Crippen LogP contribution in [0.4, 0.5) is 0 Å². The van der Waals surface area contributed by atoms with Gasteiger partial charge in [-0.05, 0) is 24.3 Å². The minimum atomic E-state index is -0.107. The van der Waals surface area contributed by atoms with E-state index >= 15 is 0 Å². The molecule has 5 heteroatoms. The number of ether oxygens (including phenoxy) is 1. The lowest BCUT2D eigenvalue weighted by Crippen LogP contribution is -2.08. The Hall–Kier alpha value is -3.78. The van der Waals surface area contributed by atoms with Gasteiger partial charge in [-0.15, -0.1) is 12.3 Å². The molecule has 4 aromatic rings. The van der Waals surface area contributed by atoms with Crippen LogP contribution in [-0.2, 0) is 13.0 Å². The Morgan fingerprint density at radius 1 is 1.19 bits per heavy atom. The summed E-state index contributed by atoms with van der Waals surface area (Å²) < 4.78 is 13.2. The Labute approximate surface area is 155 Å². The summed E-state index contributed by atoms with van der Waals surface area (Å²) in [5, 5.41) is 4.84. The summed E-state index contributed by atoms with van der Waals surface area (Å²) >= 11 is 0. The third-order valence-corrected chi connectivity index (χ3v) is 4.17. The molecule has 0 amide bonds. The lowest BCUT2D eigenvalue weighted by Gasteiger charge is -2.06. The fraction of sp³-hybridized carbons (Fsp3) is 0.0909. The molecule has 0 saturated carbocycles. The summed E-state index contributed by atoms with van der Waals surface area (Å²) in [6.07, 6.45) is 10.6. The van der Waals surface area contributed by atoms with Crippen LogP contribution in [-0.4, -0.2) is 9.78 Å². The SMILES string of the molecule is C#CCc1coc2cc(OCc3cnn(-c4ccccc4)c3)ccc2c1=O. The van der Waals surface area contributed by atoms with E-state index < -0.39 is 0 Å². The summed E-state index contributed by atoms with van der Waals surface area (Å²) in [6, 6.07) is 15.0. The van der Waals surface area contributed by atoms with Crippen LogP contribution in [0.15, 0.2) is 76.4 Å². The zero-order valence-corrected chi connectivity index (χ0v) is 14.5. The van der Waals surface area contributed by atoms with Gasteiger partial charge in [-0.2, -0.15) is 5.10 Å². The average Bonchev–Trinajstić information content (AvgIpc) is 3.18. The van der Waals surface area contributed by atoms with Gasteiger partial charge in [0.1, 0.15) is 17.9 Å². The zero-order valence-electron chi connectivity index (χ0n) is 14.5. The van der Waals surface area contributed by atoms with Crippen LogP contribution in [0.5, 0.6) is 5.75 Å². The van der Waals surface area contributed by atoms with Crippen molar-refractivity contribution in [1.82, 2.24) is 9.78 Å². The van der Waals surface area contributed by atoms with Gasteiger partial charge in [0, 0.05) is 29.8 Å². The number of para-hydroxylation sites is 1. The molecule has 0 fully saturated rings. The van der Waals surface area contributed by atoms with Crippen molar-refractivity contribution in [1.29, 1.82) is 0 Å². The van der Waals surface area contributed by atoms with Gasteiger partial charge in [-0.1, -0.05) is 18.2 Å². The molecule has 0 unspecified atom stereocenters. The van der Waals surface area contributed by atoms with Gasteiger partial charge in [-0.25, -0.2) is 4.68 Å². The van der Waals surface area contributed by atoms with E-state index in [-0.39, 0.29) is 11.8 Å². The number of aromatic nitrogens is 2. The van der Waals surface area contributed by atoms with E-state index in [1.165, 1.54) is 6.26 Å². The normalized spacial score (nSPS) is 10.6. The molecule has 0 saturated heterocycles. The lowest BCUT2D eigenvalue weighted by atomic mass is 10.1. The van der Waals surface area contributed by atoms with Crippen molar-refractivity contribution in [3.05, 3.63) is 88.5 Å². The van der Waals surface area contributed by atoms with E-state index in [4.69, 9.17) is 15.6 Å². The highest BCUT2D eigenvalue weighted by Crippen LogP contribution is 2.20. The van der Waals surface area contributed by atoms with E-state index in [0.717, 1.165) is 11.3 Å². The number of terminal acetylenes is 1. The molecule has 0 atom stereocenters.